The van der Waals surface area contributed by atoms with E-state index in [9.17, 15) is 18.0 Å². The third kappa shape index (κ3) is 7.31. The normalized spacial score (nSPS) is 15.1. The van der Waals surface area contributed by atoms with Gasteiger partial charge < -0.3 is 10.2 Å². The number of piperidine rings is 1. The number of hydrogen-bond donors (Lipinski definition) is 1. The summed E-state index contributed by atoms with van der Waals surface area (Å²) in [4.78, 5) is 27.5. The third-order valence-corrected chi connectivity index (χ3v) is 8.24. The predicted molar refractivity (Wildman–Crippen MR) is 144 cm³/mol. The summed E-state index contributed by atoms with van der Waals surface area (Å²) in [6.45, 7) is 9.91. The van der Waals surface area contributed by atoms with Crippen LogP contribution in [-0.2, 0) is 14.8 Å². The van der Waals surface area contributed by atoms with E-state index < -0.39 is 10.0 Å². The number of hydrogen-bond acceptors (Lipinski definition) is 4. The van der Waals surface area contributed by atoms with Crippen molar-refractivity contribution < 1.29 is 18.0 Å². The Morgan fingerprint density at radius 3 is 1.97 bits per heavy atom. The number of likely N-dealkylation sites (tertiary alicyclic amines) is 1. The molecule has 2 aromatic rings. The van der Waals surface area contributed by atoms with Crippen molar-refractivity contribution in [2.75, 3.05) is 31.5 Å². The van der Waals surface area contributed by atoms with Crippen molar-refractivity contribution in [1.82, 2.24) is 9.21 Å². The molecule has 2 aromatic carbocycles. The van der Waals surface area contributed by atoms with Crippen molar-refractivity contribution in [3.8, 4) is 0 Å². The van der Waals surface area contributed by atoms with Crippen LogP contribution in [-0.4, -0.2) is 55.6 Å². The van der Waals surface area contributed by atoms with Gasteiger partial charge in [-0.2, -0.15) is 4.31 Å². The van der Waals surface area contributed by atoms with Crippen LogP contribution in [0.15, 0.2) is 53.4 Å². The van der Waals surface area contributed by atoms with Crippen LogP contribution in [0.25, 0.3) is 0 Å². The fraction of sp³-hybridized carbons (Fsp3) is 0.481. The summed E-state index contributed by atoms with van der Waals surface area (Å²) >= 11 is 5.90. The molecule has 1 saturated heterocycles. The second-order valence-corrected chi connectivity index (χ2v) is 12.6. The monoisotopic (exact) mass is 533 g/mol. The van der Waals surface area contributed by atoms with Crippen molar-refractivity contribution in [2.45, 2.75) is 45.4 Å². The number of sulfonamides is 1. The van der Waals surface area contributed by atoms with E-state index in [-0.39, 0.29) is 34.5 Å². The molecule has 0 radical (unpaired) electrons. The molecule has 0 aromatic heterocycles. The predicted octanol–water partition coefficient (Wildman–Crippen LogP) is 5.13. The minimum atomic E-state index is -3.62. The topological polar surface area (TPSA) is 86.8 Å². The average Bonchev–Trinajstić information content (AvgIpc) is 2.83. The zero-order valence-corrected chi connectivity index (χ0v) is 23.0. The van der Waals surface area contributed by atoms with E-state index >= 15 is 0 Å². The summed E-state index contributed by atoms with van der Waals surface area (Å²) in [6.07, 6.45) is 1.13. The lowest BCUT2D eigenvalue weighted by Crippen LogP contribution is -2.41. The van der Waals surface area contributed by atoms with Gasteiger partial charge in [0.15, 0.2) is 0 Å². The smallest absolute Gasteiger partial charge is 0.253 e. The Kier molecular flexibility index (Phi) is 9.55. The largest absolute Gasteiger partial charge is 0.339 e. The van der Waals surface area contributed by atoms with Crippen LogP contribution in [0.5, 0.6) is 0 Å². The Bertz CT molecular complexity index is 1130. The second-order valence-electron chi connectivity index (χ2n) is 10.2. The minimum absolute atomic E-state index is 0.0636. The maximum absolute atomic E-state index is 13.2. The van der Waals surface area contributed by atoms with Gasteiger partial charge in [-0.25, -0.2) is 8.42 Å². The molecule has 2 amide bonds. The minimum Gasteiger partial charge on any atom is -0.339 e. The molecule has 1 aliphatic heterocycles. The first-order valence-corrected chi connectivity index (χ1v) is 14.2. The molecule has 0 bridgehead atoms. The summed E-state index contributed by atoms with van der Waals surface area (Å²) in [6, 6.07) is 13.2. The molecule has 0 saturated carbocycles. The van der Waals surface area contributed by atoms with E-state index in [2.05, 4.69) is 5.32 Å². The number of anilines is 1. The average molecular weight is 534 g/mol. The Balaban J connectivity index is 1.58. The first-order chi connectivity index (χ1) is 17.0. The number of benzene rings is 2. The van der Waals surface area contributed by atoms with Gasteiger partial charge in [0.1, 0.15) is 0 Å². The summed E-state index contributed by atoms with van der Waals surface area (Å²) in [5.41, 5.74) is 1.13. The van der Waals surface area contributed by atoms with Crippen LogP contribution in [0, 0.1) is 17.8 Å². The van der Waals surface area contributed by atoms with E-state index in [1.54, 1.807) is 53.4 Å². The van der Waals surface area contributed by atoms with Crippen LogP contribution in [0.4, 0.5) is 5.69 Å². The number of carbonyl (C=O) groups is 2. The lowest BCUT2D eigenvalue weighted by molar-refractivity contribution is -0.121. The van der Waals surface area contributed by atoms with Gasteiger partial charge in [-0.1, -0.05) is 39.3 Å². The third-order valence-electron chi connectivity index (χ3n) is 6.14. The van der Waals surface area contributed by atoms with Crippen molar-refractivity contribution >= 4 is 39.1 Å². The van der Waals surface area contributed by atoms with Crippen LogP contribution < -0.4 is 5.32 Å². The molecular weight excluding hydrogens is 498 g/mol. The van der Waals surface area contributed by atoms with E-state index in [4.69, 9.17) is 11.6 Å². The van der Waals surface area contributed by atoms with Crippen molar-refractivity contribution in [3.63, 3.8) is 0 Å². The lowest BCUT2D eigenvalue weighted by atomic mass is 9.95. The summed E-state index contributed by atoms with van der Waals surface area (Å²) in [7, 11) is -3.62. The van der Waals surface area contributed by atoms with Gasteiger partial charge in [0.25, 0.3) is 5.91 Å². The van der Waals surface area contributed by atoms with Crippen molar-refractivity contribution in [2.24, 2.45) is 17.8 Å². The van der Waals surface area contributed by atoms with Crippen LogP contribution >= 0.6 is 11.6 Å². The van der Waals surface area contributed by atoms with Gasteiger partial charge in [-0.05, 0) is 73.2 Å². The number of carbonyl (C=O) groups excluding carboxylic acids is 2. The first-order valence-electron chi connectivity index (χ1n) is 12.4. The molecule has 0 aliphatic carbocycles. The molecule has 1 fully saturated rings. The fourth-order valence-electron chi connectivity index (χ4n) is 4.31. The maximum Gasteiger partial charge on any atom is 0.253 e. The van der Waals surface area contributed by atoms with Gasteiger partial charge in [0, 0.05) is 48.4 Å². The van der Waals surface area contributed by atoms with E-state index in [0.717, 1.165) is 0 Å². The van der Waals surface area contributed by atoms with Gasteiger partial charge in [-0.15, -0.1) is 0 Å². The van der Waals surface area contributed by atoms with Gasteiger partial charge in [0.05, 0.1) is 4.90 Å². The Hall–Kier alpha value is -2.42. The molecule has 1 heterocycles. The second kappa shape index (κ2) is 12.2. The standard InChI is InChI=1S/C27H36ClN3O4S/c1-19(2)17-31(18-20(3)4)36(34,35)25-11-9-24(10-12-25)29-26(32)21-13-15-30(16-14-21)27(33)22-5-7-23(28)8-6-22/h5-12,19-21H,13-18H2,1-4H3,(H,29,32). The highest BCUT2D eigenvalue weighted by Gasteiger charge is 2.29. The Morgan fingerprint density at radius 1 is 0.944 bits per heavy atom. The van der Waals surface area contributed by atoms with Crippen LogP contribution in [0.2, 0.25) is 5.02 Å². The first kappa shape index (κ1) is 28.2. The molecule has 1 aliphatic rings. The SMILES string of the molecule is CC(C)CN(CC(C)C)S(=O)(=O)c1ccc(NC(=O)C2CCN(C(=O)c3ccc(Cl)cc3)CC2)cc1. The number of rotatable bonds is 9. The fourth-order valence-corrected chi connectivity index (χ4v) is 6.20. The Morgan fingerprint density at radius 2 is 1.47 bits per heavy atom. The summed E-state index contributed by atoms with van der Waals surface area (Å²) < 4.78 is 27.9. The summed E-state index contributed by atoms with van der Waals surface area (Å²) in [5.74, 6) is 0.0296. The maximum atomic E-state index is 13.2. The van der Waals surface area contributed by atoms with Gasteiger partial charge in [0.2, 0.25) is 15.9 Å². The van der Waals surface area contributed by atoms with E-state index in [0.29, 0.717) is 55.3 Å². The van der Waals surface area contributed by atoms with Crippen molar-refractivity contribution in [3.05, 3.63) is 59.1 Å². The number of halogens is 1. The van der Waals surface area contributed by atoms with E-state index in [1.165, 1.54) is 4.31 Å². The number of nitrogens with zero attached hydrogens (tertiary/aromatic N) is 2. The molecule has 196 valence electrons. The lowest BCUT2D eigenvalue weighted by Gasteiger charge is -2.31. The number of amides is 2. The molecule has 0 spiro atoms. The zero-order valence-electron chi connectivity index (χ0n) is 21.4. The van der Waals surface area contributed by atoms with Gasteiger partial charge >= 0.3 is 0 Å². The molecule has 0 unspecified atom stereocenters. The van der Waals surface area contributed by atoms with Crippen molar-refractivity contribution in [1.29, 1.82) is 0 Å². The molecule has 7 nitrogen and oxygen atoms in total. The van der Waals surface area contributed by atoms with Crippen LogP contribution in [0.1, 0.15) is 50.9 Å². The summed E-state index contributed by atoms with van der Waals surface area (Å²) in [5, 5.41) is 3.48. The quantitative estimate of drug-likeness (QED) is 0.484. The zero-order chi connectivity index (χ0) is 26.5. The highest BCUT2D eigenvalue weighted by molar-refractivity contribution is 7.89. The highest BCUT2D eigenvalue weighted by Crippen LogP contribution is 2.24. The molecule has 36 heavy (non-hydrogen) atoms. The molecule has 0 atom stereocenters. The molecule has 1 N–H and O–H groups in total. The van der Waals surface area contributed by atoms with E-state index in [1.807, 2.05) is 27.7 Å². The molecule has 3 rings (SSSR count). The molecule has 9 heteroatoms. The van der Waals surface area contributed by atoms with Gasteiger partial charge in [-0.3, -0.25) is 9.59 Å². The number of nitrogens with one attached hydrogen (secondary N) is 1. The highest BCUT2D eigenvalue weighted by atomic mass is 35.5. The Labute approximate surface area is 219 Å². The molecular formula is C27H36ClN3O4S. The van der Waals surface area contributed by atoms with Crippen LogP contribution in [0.3, 0.4) is 0 Å².